The third kappa shape index (κ3) is 5.82. The molecule has 0 spiro atoms. The molecule has 2 aromatic rings. The second kappa shape index (κ2) is 9.04. The molecule has 0 bridgehead atoms. The van der Waals surface area contributed by atoms with Crippen LogP contribution in [0.4, 0.5) is 18.9 Å². The number of para-hydroxylation sites is 1. The predicted octanol–water partition coefficient (Wildman–Crippen LogP) is 3.48. The van der Waals surface area contributed by atoms with Crippen molar-refractivity contribution in [1.82, 2.24) is 0 Å². The summed E-state index contributed by atoms with van der Waals surface area (Å²) in [6, 6.07) is 11.1. The molecule has 2 aromatic carbocycles. The van der Waals surface area contributed by atoms with Gasteiger partial charge in [-0.05, 0) is 36.1 Å². The van der Waals surface area contributed by atoms with Crippen molar-refractivity contribution in [2.75, 3.05) is 18.9 Å². The van der Waals surface area contributed by atoms with Crippen LogP contribution >= 0.6 is 0 Å². The van der Waals surface area contributed by atoms with Crippen LogP contribution in [0, 0.1) is 0 Å². The highest BCUT2D eigenvalue weighted by atomic mass is 19.4. The summed E-state index contributed by atoms with van der Waals surface area (Å²) in [6.07, 6.45) is -2.67. The number of rotatable bonds is 7. The Hall–Kier alpha value is -2.34. The number of hydrogen-bond donors (Lipinski definition) is 2. The van der Waals surface area contributed by atoms with Crippen LogP contribution in [0.15, 0.2) is 42.5 Å². The number of aryl methyl sites for hydroxylation is 2. The van der Waals surface area contributed by atoms with E-state index in [4.69, 9.17) is 0 Å². The molecule has 0 saturated carbocycles. The number of carbonyl (C=O) groups is 1. The van der Waals surface area contributed by atoms with Crippen molar-refractivity contribution in [1.29, 1.82) is 0 Å². The van der Waals surface area contributed by atoms with Crippen LogP contribution in [-0.2, 0) is 30.4 Å². The van der Waals surface area contributed by atoms with Gasteiger partial charge in [0.1, 0.15) is 6.54 Å². The second-order valence-corrected chi connectivity index (χ2v) is 6.71. The molecule has 0 heterocycles. The maximum atomic E-state index is 12.6. The number of hydrogen-bond acceptors (Lipinski definition) is 1. The van der Waals surface area contributed by atoms with Gasteiger partial charge in [-0.15, -0.1) is 0 Å². The number of nitrogens with one attached hydrogen (secondary N) is 2. The lowest BCUT2D eigenvalue weighted by Crippen LogP contribution is -3.08. The van der Waals surface area contributed by atoms with Crippen LogP contribution in [0.5, 0.6) is 0 Å². The fraction of sp³-hybridized carbons (Fsp3) is 0.381. The molecule has 0 radical (unpaired) electrons. The van der Waals surface area contributed by atoms with Gasteiger partial charge in [0.2, 0.25) is 0 Å². The molecular formula is C21H26F3N2O+. The van der Waals surface area contributed by atoms with Crippen LogP contribution < -0.4 is 10.2 Å². The normalized spacial score (nSPS) is 12.7. The Morgan fingerprint density at radius 2 is 1.56 bits per heavy atom. The lowest BCUT2D eigenvalue weighted by atomic mass is 10.0. The number of benzene rings is 2. The Labute approximate surface area is 158 Å². The SMILES string of the molecule is CCc1cccc(CC)c1NC(=O)C[NH+](C)Cc1ccc(C(F)(F)F)cc1. The zero-order chi connectivity index (χ0) is 20.0. The maximum Gasteiger partial charge on any atom is 0.416 e. The summed E-state index contributed by atoms with van der Waals surface area (Å²) in [5.74, 6) is -0.102. The van der Waals surface area contributed by atoms with E-state index in [1.807, 2.05) is 39.1 Å². The Morgan fingerprint density at radius 1 is 1.00 bits per heavy atom. The molecule has 27 heavy (non-hydrogen) atoms. The van der Waals surface area contributed by atoms with Gasteiger partial charge < -0.3 is 10.2 Å². The number of quaternary nitrogens is 1. The standard InChI is InChI=1S/C21H25F3N2O/c1-4-16-7-6-8-17(5-2)20(16)25-19(27)14-26(3)13-15-9-11-18(12-10-15)21(22,23)24/h6-12H,4-5,13-14H2,1-3H3,(H,25,27)/p+1. The topological polar surface area (TPSA) is 33.5 Å². The molecule has 0 saturated heterocycles. The summed E-state index contributed by atoms with van der Waals surface area (Å²) in [6.45, 7) is 4.81. The molecule has 0 aliphatic rings. The van der Waals surface area contributed by atoms with E-state index in [-0.39, 0.29) is 12.5 Å². The Kier molecular flexibility index (Phi) is 7.02. The maximum absolute atomic E-state index is 12.6. The van der Waals surface area contributed by atoms with E-state index in [1.54, 1.807) is 0 Å². The van der Waals surface area contributed by atoms with Gasteiger partial charge in [0.05, 0.1) is 12.6 Å². The zero-order valence-corrected chi connectivity index (χ0v) is 15.9. The Balaban J connectivity index is 1.98. The molecule has 0 aliphatic heterocycles. The van der Waals surface area contributed by atoms with Crippen LogP contribution in [0.3, 0.4) is 0 Å². The summed E-state index contributed by atoms with van der Waals surface area (Å²) in [5, 5.41) is 3.02. The molecule has 0 aromatic heterocycles. The van der Waals surface area contributed by atoms with Gasteiger partial charge in [-0.2, -0.15) is 13.2 Å². The third-order valence-corrected chi connectivity index (χ3v) is 4.51. The monoisotopic (exact) mass is 379 g/mol. The Morgan fingerprint density at radius 3 is 2.04 bits per heavy atom. The highest BCUT2D eigenvalue weighted by Crippen LogP contribution is 2.29. The van der Waals surface area contributed by atoms with E-state index < -0.39 is 11.7 Å². The van der Waals surface area contributed by atoms with Gasteiger partial charge in [0, 0.05) is 11.3 Å². The molecule has 1 amide bonds. The predicted molar refractivity (Wildman–Crippen MR) is 101 cm³/mol. The summed E-state index contributed by atoms with van der Waals surface area (Å²) in [5.41, 5.74) is 3.18. The first-order chi connectivity index (χ1) is 12.7. The lowest BCUT2D eigenvalue weighted by molar-refractivity contribution is -0.885. The minimum atomic E-state index is -4.33. The molecule has 3 nitrogen and oxygen atoms in total. The molecule has 2 N–H and O–H groups in total. The number of likely N-dealkylation sites (N-methyl/N-ethyl adjacent to an activating group) is 1. The molecule has 0 aliphatic carbocycles. The van der Waals surface area contributed by atoms with E-state index in [9.17, 15) is 18.0 Å². The highest BCUT2D eigenvalue weighted by molar-refractivity contribution is 5.93. The van der Waals surface area contributed by atoms with Gasteiger partial charge in [-0.3, -0.25) is 4.79 Å². The first kappa shape index (κ1) is 21.0. The zero-order valence-electron chi connectivity index (χ0n) is 15.9. The molecule has 146 valence electrons. The third-order valence-electron chi connectivity index (χ3n) is 4.51. The first-order valence-corrected chi connectivity index (χ1v) is 9.12. The van der Waals surface area contributed by atoms with Gasteiger partial charge in [-0.25, -0.2) is 0 Å². The molecule has 6 heteroatoms. The number of anilines is 1. The number of halogens is 3. The molecule has 1 atom stereocenters. The van der Waals surface area contributed by atoms with E-state index in [0.29, 0.717) is 6.54 Å². The van der Waals surface area contributed by atoms with Crippen molar-refractivity contribution >= 4 is 11.6 Å². The van der Waals surface area contributed by atoms with Crippen molar-refractivity contribution in [3.8, 4) is 0 Å². The Bertz CT molecular complexity index is 748. The van der Waals surface area contributed by atoms with Crippen molar-refractivity contribution in [2.24, 2.45) is 0 Å². The quantitative estimate of drug-likeness (QED) is 0.759. The van der Waals surface area contributed by atoms with Crippen molar-refractivity contribution < 1.29 is 22.9 Å². The van der Waals surface area contributed by atoms with Gasteiger partial charge in [0.15, 0.2) is 6.54 Å². The van der Waals surface area contributed by atoms with E-state index in [0.717, 1.165) is 52.3 Å². The molecule has 2 rings (SSSR count). The smallest absolute Gasteiger partial charge is 0.326 e. The van der Waals surface area contributed by atoms with Crippen LogP contribution in [-0.4, -0.2) is 19.5 Å². The van der Waals surface area contributed by atoms with Crippen molar-refractivity contribution in [3.63, 3.8) is 0 Å². The van der Waals surface area contributed by atoms with Gasteiger partial charge in [0.25, 0.3) is 5.91 Å². The van der Waals surface area contributed by atoms with E-state index in [2.05, 4.69) is 5.32 Å². The number of alkyl halides is 3. The van der Waals surface area contributed by atoms with Crippen molar-refractivity contribution in [2.45, 2.75) is 39.4 Å². The molecule has 1 unspecified atom stereocenters. The van der Waals surface area contributed by atoms with Gasteiger partial charge >= 0.3 is 6.18 Å². The fourth-order valence-corrected chi connectivity index (χ4v) is 3.08. The van der Waals surface area contributed by atoms with Crippen LogP contribution in [0.25, 0.3) is 0 Å². The van der Waals surface area contributed by atoms with Crippen LogP contribution in [0.2, 0.25) is 0 Å². The number of amides is 1. The fourth-order valence-electron chi connectivity index (χ4n) is 3.08. The van der Waals surface area contributed by atoms with E-state index in [1.165, 1.54) is 12.1 Å². The highest BCUT2D eigenvalue weighted by Gasteiger charge is 2.30. The average Bonchev–Trinajstić information content (AvgIpc) is 2.61. The molecular weight excluding hydrogens is 353 g/mol. The van der Waals surface area contributed by atoms with Crippen molar-refractivity contribution in [3.05, 3.63) is 64.7 Å². The summed E-state index contributed by atoms with van der Waals surface area (Å²) in [4.78, 5) is 13.4. The average molecular weight is 379 g/mol. The van der Waals surface area contributed by atoms with Gasteiger partial charge in [-0.1, -0.05) is 44.2 Å². The minimum absolute atomic E-state index is 0.102. The molecule has 0 fully saturated rings. The second-order valence-electron chi connectivity index (χ2n) is 6.71. The lowest BCUT2D eigenvalue weighted by Gasteiger charge is -2.17. The van der Waals surface area contributed by atoms with E-state index >= 15 is 0 Å². The number of carbonyl (C=O) groups excluding carboxylic acids is 1. The summed E-state index contributed by atoms with van der Waals surface area (Å²) < 4.78 is 37.9. The first-order valence-electron chi connectivity index (χ1n) is 9.12. The minimum Gasteiger partial charge on any atom is -0.326 e. The largest absolute Gasteiger partial charge is 0.416 e. The van der Waals surface area contributed by atoms with Crippen LogP contribution in [0.1, 0.15) is 36.1 Å². The summed E-state index contributed by atoms with van der Waals surface area (Å²) in [7, 11) is 1.85. The summed E-state index contributed by atoms with van der Waals surface area (Å²) >= 11 is 0.